The molecule has 0 aliphatic heterocycles. The molecule has 82 valence electrons. The van der Waals surface area contributed by atoms with E-state index in [0.717, 1.165) is 5.56 Å². The average Bonchev–Trinajstić information content (AvgIpc) is 1.99. The first-order chi connectivity index (χ1) is 6.89. The number of rotatable bonds is 4. The SMILES string of the molecule is Cc1cccc(CS(=O)(=O)CC(N)=O)c1. The topological polar surface area (TPSA) is 77.2 Å². The van der Waals surface area contributed by atoms with Gasteiger partial charge >= 0.3 is 0 Å². The van der Waals surface area contributed by atoms with Crippen LogP contribution < -0.4 is 5.73 Å². The molecular formula is C10H13NO3S. The molecule has 2 N–H and O–H groups in total. The number of hydrogen-bond acceptors (Lipinski definition) is 3. The molecule has 15 heavy (non-hydrogen) atoms. The lowest BCUT2D eigenvalue weighted by molar-refractivity contribution is -0.115. The molecular weight excluding hydrogens is 214 g/mol. The van der Waals surface area contributed by atoms with Crippen LogP contribution in [0, 0.1) is 6.92 Å². The van der Waals surface area contributed by atoms with E-state index in [9.17, 15) is 13.2 Å². The van der Waals surface area contributed by atoms with Crippen LogP contribution in [0.4, 0.5) is 0 Å². The molecule has 0 unspecified atom stereocenters. The van der Waals surface area contributed by atoms with E-state index in [1.807, 2.05) is 13.0 Å². The number of benzene rings is 1. The second-order valence-electron chi connectivity index (χ2n) is 3.49. The molecule has 4 nitrogen and oxygen atoms in total. The molecule has 1 rings (SSSR count). The largest absolute Gasteiger partial charge is 0.369 e. The Morgan fingerprint density at radius 2 is 2.07 bits per heavy atom. The summed E-state index contributed by atoms with van der Waals surface area (Å²) in [5.74, 6) is -1.55. The summed E-state index contributed by atoms with van der Waals surface area (Å²) in [6.45, 7) is 1.88. The zero-order chi connectivity index (χ0) is 11.5. The second kappa shape index (κ2) is 4.44. The normalized spacial score (nSPS) is 11.3. The molecule has 1 amide bonds. The number of carbonyl (C=O) groups excluding carboxylic acids is 1. The lowest BCUT2D eigenvalue weighted by atomic mass is 10.2. The van der Waals surface area contributed by atoms with Crippen molar-refractivity contribution < 1.29 is 13.2 Å². The molecule has 0 radical (unpaired) electrons. The Bertz CT molecular complexity index is 465. The molecule has 0 aliphatic rings. The Balaban J connectivity index is 2.82. The van der Waals surface area contributed by atoms with Crippen LogP contribution in [0.25, 0.3) is 0 Å². The summed E-state index contributed by atoms with van der Waals surface area (Å²) >= 11 is 0. The Morgan fingerprint density at radius 1 is 1.40 bits per heavy atom. The third kappa shape index (κ3) is 4.12. The van der Waals surface area contributed by atoms with E-state index in [-0.39, 0.29) is 5.75 Å². The van der Waals surface area contributed by atoms with Gasteiger partial charge in [0.1, 0.15) is 5.75 Å². The number of amides is 1. The van der Waals surface area contributed by atoms with Gasteiger partial charge in [-0.15, -0.1) is 0 Å². The first-order valence-electron chi connectivity index (χ1n) is 4.43. The van der Waals surface area contributed by atoms with Crippen LogP contribution in [0.1, 0.15) is 11.1 Å². The highest BCUT2D eigenvalue weighted by atomic mass is 32.2. The van der Waals surface area contributed by atoms with Gasteiger partial charge in [0.05, 0.1) is 5.75 Å². The molecule has 0 saturated heterocycles. The van der Waals surface area contributed by atoms with Crippen LogP contribution >= 0.6 is 0 Å². The molecule has 0 heterocycles. The molecule has 5 heteroatoms. The minimum absolute atomic E-state index is 0.141. The Labute approximate surface area is 89.0 Å². The van der Waals surface area contributed by atoms with Gasteiger partial charge in [-0.05, 0) is 12.5 Å². The molecule has 0 atom stereocenters. The second-order valence-corrected chi connectivity index (χ2v) is 5.55. The zero-order valence-corrected chi connectivity index (χ0v) is 9.25. The molecule has 1 aromatic rings. The smallest absolute Gasteiger partial charge is 0.232 e. The summed E-state index contributed by atoms with van der Waals surface area (Å²) in [6.07, 6.45) is 0. The molecule has 1 aromatic carbocycles. The van der Waals surface area contributed by atoms with E-state index in [2.05, 4.69) is 0 Å². The molecule has 0 saturated carbocycles. The van der Waals surface area contributed by atoms with Crippen molar-refractivity contribution in [3.8, 4) is 0 Å². The Kier molecular flexibility index (Phi) is 3.47. The van der Waals surface area contributed by atoms with Crippen molar-refractivity contribution in [1.82, 2.24) is 0 Å². The van der Waals surface area contributed by atoms with E-state index in [4.69, 9.17) is 5.73 Å². The van der Waals surface area contributed by atoms with E-state index in [1.165, 1.54) is 0 Å². The van der Waals surface area contributed by atoms with Crippen LogP contribution in [0.15, 0.2) is 24.3 Å². The maximum Gasteiger partial charge on any atom is 0.232 e. The van der Waals surface area contributed by atoms with Gasteiger partial charge in [-0.25, -0.2) is 8.42 Å². The van der Waals surface area contributed by atoms with E-state index in [0.29, 0.717) is 5.56 Å². The third-order valence-corrected chi connectivity index (χ3v) is 3.33. The van der Waals surface area contributed by atoms with Crippen LogP contribution in [0.3, 0.4) is 0 Å². The van der Waals surface area contributed by atoms with Gasteiger partial charge in [0, 0.05) is 0 Å². The fourth-order valence-corrected chi connectivity index (χ4v) is 2.55. The summed E-state index contributed by atoms with van der Waals surface area (Å²) in [4.78, 5) is 10.5. The number of aryl methyl sites for hydroxylation is 1. The minimum atomic E-state index is -3.43. The van der Waals surface area contributed by atoms with Gasteiger partial charge in [0.2, 0.25) is 5.91 Å². The number of sulfone groups is 1. The van der Waals surface area contributed by atoms with Crippen molar-refractivity contribution in [3.05, 3.63) is 35.4 Å². The Hall–Kier alpha value is -1.36. The first kappa shape index (κ1) is 11.7. The average molecular weight is 227 g/mol. The summed E-state index contributed by atoms with van der Waals surface area (Å²) < 4.78 is 22.8. The van der Waals surface area contributed by atoms with Crippen molar-refractivity contribution in [1.29, 1.82) is 0 Å². The highest BCUT2D eigenvalue weighted by molar-refractivity contribution is 7.91. The maximum atomic E-state index is 11.4. The number of nitrogens with two attached hydrogens (primary N) is 1. The van der Waals surface area contributed by atoms with Crippen molar-refractivity contribution in [2.24, 2.45) is 5.73 Å². The van der Waals surface area contributed by atoms with Gasteiger partial charge in [-0.1, -0.05) is 29.8 Å². The molecule has 0 fully saturated rings. The summed E-state index contributed by atoms with van der Waals surface area (Å²) in [6, 6.07) is 7.15. The van der Waals surface area contributed by atoms with Crippen molar-refractivity contribution in [3.63, 3.8) is 0 Å². The summed E-state index contributed by atoms with van der Waals surface area (Å²) in [5, 5.41) is 0. The van der Waals surface area contributed by atoms with Crippen LogP contribution in [-0.4, -0.2) is 20.1 Å². The van der Waals surface area contributed by atoms with Crippen LogP contribution in [-0.2, 0) is 20.4 Å². The Morgan fingerprint density at radius 3 is 2.60 bits per heavy atom. The van der Waals surface area contributed by atoms with Crippen LogP contribution in [0.5, 0.6) is 0 Å². The van der Waals surface area contributed by atoms with Gasteiger partial charge in [-0.3, -0.25) is 4.79 Å². The minimum Gasteiger partial charge on any atom is -0.369 e. The number of hydrogen-bond donors (Lipinski definition) is 1. The molecule has 0 bridgehead atoms. The molecule has 0 spiro atoms. The highest BCUT2D eigenvalue weighted by Gasteiger charge is 2.15. The lowest BCUT2D eigenvalue weighted by Crippen LogP contribution is -2.24. The van der Waals surface area contributed by atoms with Crippen LogP contribution in [0.2, 0.25) is 0 Å². The van der Waals surface area contributed by atoms with E-state index in [1.54, 1.807) is 18.2 Å². The maximum absolute atomic E-state index is 11.4. The lowest BCUT2D eigenvalue weighted by Gasteiger charge is -2.03. The monoisotopic (exact) mass is 227 g/mol. The quantitative estimate of drug-likeness (QED) is 0.808. The van der Waals surface area contributed by atoms with Crippen molar-refractivity contribution in [2.45, 2.75) is 12.7 Å². The van der Waals surface area contributed by atoms with Gasteiger partial charge in [-0.2, -0.15) is 0 Å². The predicted molar refractivity (Wildman–Crippen MR) is 57.9 cm³/mol. The first-order valence-corrected chi connectivity index (χ1v) is 6.25. The molecule has 0 aliphatic carbocycles. The third-order valence-electron chi connectivity index (χ3n) is 1.83. The fourth-order valence-electron chi connectivity index (χ4n) is 1.32. The fraction of sp³-hybridized carbons (Fsp3) is 0.300. The summed E-state index contributed by atoms with van der Waals surface area (Å²) in [7, 11) is -3.43. The summed E-state index contributed by atoms with van der Waals surface area (Å²) in [5.41, 5.74) is 6.51. The number of primary amides is 1. The van der Waals surface area contributed by atoms with Crippen molar-refractivity contribution in [2.75, 3.05) is 5.75 Å². The predicted octanol–water partition coefficient (Wildman–Crippen LogP) is 0.395. The standard InChI is InChI=1S/C10H13NO3S/c1-8-3-2-4-9(5-8)6-15(13,14)7-10(11)12/h2-5H,6-7H2,1H3,(H2,11,12). The van der Waals surface area contributed by atoms with Crippen molar-refractivity contribution >= 4 is 15.7 Å². The van der Waals surface area contributed by atoms with Gasteiger partial charge in [0.25, 0.3) is 0 Å². The zero-order valence-electron chi connectivity index (χ0n) is 8.43. The van der Waals surface area contributed by atoms with E-state index < -0.39 is 21.5 Å². The molecule has 0 aromatic heterocycles. The van der Waals surface area contributed by atoms with E-state index >= 15 is 0 Å². The van der Waals surface area contributed by atoms with Gasteiger partial charge < -0.3 is 5.73 Å². The highest BCUT2D eigenvalue weighted by Crippen LogP contribution is 2.08. The number of carbonyl (C=O) groups is 1. The van der Waals surface area contributed by atoms with Gasteiger partial charge in [0.15, 0.2) is 9.84 Å².